The summed E-state index contributed by atoms with van der Waals surface area (Å²) < 4.78 is 10.8. The van der Waals surface area contributed by atoms with Crippen molar-refractivity contribution in [2.75, 3.05) is 13.2 Å². The highest BCUT2D eigenvalue weighted by Gasteiger charge is 2.15. The van der Waals surface area contributed by atoms with Gasteiger partial charge < -0.3 is 9.47 Å². The molecular weight excluding hydrogens is 154 g/mol. The van der Waals surface area contributed by atoms with Gasteiger partial charge in [-0.25, -0.2) is 4.98 Å². The minimum absolute atomic E-state index is 0.600. The third-order valence-electron chi connectivity index (χ3n) is 1.82. The molecule has 0 fully saturated rings. The van der Waals surface area contributed by atoms with Gasteiger partial charge in [-0.15, -0.1) is 0 Å². The highest BCUT2D eigenvalue weighted by molar-refractivity contribution is 5.43. The summed E-state index contributed by atoms with van der Waals surface area (Å²) >= 11 is 0. The van der Waals surface area contributed by atoms with Crippen LogP contribution in [0.3, 0.4) is 0 Å². The Labute approximate surface area is 71.3 Å². The van der Waals surface area contributed by atoms with Gasteiger partial charge in [0.2, 0.25) is 0 Å². The van der Waals surface area contributed by atoms with Crippen LogP contribution in [-0.2, 0) is 0 Å². The first-order chi connectivity index (χ1) is 5.77. The fraction of sp³-hybridized carbons (Fsp3) is 0.444. The Morgan fingerprint density at radius 1 is 1.25 bits per heavy atom. The van der Waals surface area contributed by atoms with E-state index in [1.54, 1.807) is 0 Å². The first-order valence-corrected chi connectivity index (χ1v) is 4.01. The third-order valence-corrected chi connectivity index (χ3v) is 1.82. The molecule has 0 aliphatic carbocycles. The summed E-state index contributed by atoms with van der Waals surface area (Å²) in [6.45, 7) is 5.18. The molecule has 1 aromatic rings. The summed E-state index contributed by atoms with van der Waals surface area (Å²) in [7, 11) is 0. The standard InChI is InChI=1S/C9H11NO2/c1-6-5-7(2)10-9-8(6)11-3-4-12-9/h5H,3-4H2,1-2H3. The largest absolute Gasteiger partial charge is 0.484 e. The lowest BCUT2D eigenvalue weighted by atomic mass is 10.2. The van der Waals surface area contributed by atoms with Gasteiger partial charge in [0.25, 0.3) is 5.88 Å². The van der Waals surface area contributed by atoms with Crippen molar-refractivity contribution in [2.24, 2.45) is 0 Å². The lowest BCUT2D eigenvalue weighted by Gasteiger charge is -2.19. The summed E-state index contributed by atoms with van der Waals surface area (Å²) in [6, 6.07) is 1.99. The van der Waals surface area contributed by atoms with E-state index in [-0.39, 0.29) is 0 Å². The van der Waals surface area contributed by atoms with Gasteiger partial charge in [-0.1, -0.05) is 0 Å². The maximum absolute atomic E-state index is 5.42. The minimum Gasteiger partial charge on any atom is -0.484 e. The highest BCUT2D eigenvalue weighted by Crippen LogP contribution is 2.31. The third kappa shape index (κ3) is 1.11. The van der Waals surface area contributed by atoms with E-state index in [0.717, 1.165) is 17.0 Å². The van der Waals surface area contributed by atoms with Crippen molar-refractivity contribution in [1.82, 2.24) is 4.98 Å². The summed E-state index contributed by atoms with van der Waals surface area (Å²) in [5.41, 5.74) is 2.06. The molecular formula is C9H11NO2. The van der Waals surface area contributed by atoms with E-state index in [4.69, 9.17) is 9.47 Å². The van der Waals surface area contributed by atoms with Gasteiger partial charge in [-0.05, 0) is 25.5 Å². The van der Waals surface area contributed by atoms with Crippen molar-refractivity contribution in [3.63, 3.8) is 0 Å². The molecule has 0 aromatic carbocycles. The van der Waals surface area contributed by atoms with Crippen molar-refractivity contribution in [2.45, 2.75) is 13.8 Å². The quantitative estimate of drug-likeness (QED) is 0.583. The summed E-state index contributed by atoms with van der Waals surface area (Å²) in [6.07, 6.45) is 0. The van der Waals surface area contributed by atoms with Crippen LogP contribution < -0.4 is 9.47 Å². The summed E-state index contributed by atoms with van der Waals surface area (Å²) in [5, 5.41) is 0. The first-order valence-electron chi connectivity index (χ1n) is 4.01. The molecule has 1 aromatic heterocycles. The lowest BCUT2D eigenvalue weighted by molar-refractivity contribution is 0.163. The average Bonchev–Trinajstić information content (AvgIpc) is 2.04. The van der Waals surface area contributed by atoms with Gasteiger partial charge in [0.05, 0.1) is 0 Å². The number of hydrogen-bond donors (Lipinski definition) is 0. The zero-order valence-corrected chi connectivity index (χ0v) is 7.26. The molecule has 64 valence electrons. The molecule has 0 atom stereocenters. The van der Waals surface area contributed by atoms with Gasteiger partial charge in [-0.3, -0.25) is 0 Å². The molecule has 3 heteroatoms. The van der Waals surface area contributed by atoms with E-state index >= 15 is 0 Å². The normalized spacial score (nSPS) is 14.5. The molecule has 0 saturated carbocycles. The molecule has 0 N–H and O–H groups in total. The fourth-order valence-corrected chi connectivity index (χ4v) is 1.35. The molecule has 12 heavy (non-hydrogen) atoms. The molecule has 3 nitrogen and oxygen atoms in total. The number of fused-ring (bicyclic) bond motifs is 1. The van der Waals surface area contributed by atoms with Crippen LogP contribution in [0.4, 0.5) is 0 Å². The summed E-state index contributed by atoms with van der Waals surface area (Å²) in [4.78, 5) is 4.23. The monoisotopic (exact) mass is 165 g/mol. The van der Waals surface area contributed by atoms with Crippen LogP contribution in [0.15, 0.2) is 6.07 Å². The molecule has 1 aliphatic rings. The predicted molar refractivity (Wildman–Crippen MR) is 44.7 cm³/mol. The van der Waals surface area contributed by atoms with Gasteiger partial charge in [0.15, 0.2) is 5.75 Å². The Morgan fingerprint density at radius 3 is 2.83 bits per heavy atom. The van der Waals surface area contributed by atoms with Crippen LogP contribution in [0.25, 0.3) is 0 Å². The van der Waals surface area contributed by atoms with Crippen LogP contribution in [0.5, 0.6) is 11.6 Å². The maximum atomic E-state index is 5.42. The minimum atomic E-state index is 0.600. The Morgan fingerprint density at radius 2 is 2.00 bits per heavy atom. The Kier molecular flexibility index (Phi) is 1.64. The summed E-state index contributed by atoms with van der Waals surface area (Å²) in [5.74, 6) is 1.44. The molecule has 0 amide bonds. The molecule has 2 heterocycles. The number of ether oxygens (including phenoxy) is 2. The van der Waals surface area contributed by atoms with Gasteiger partial charge in [-0.2, -0.15) is 0 Å². The zero-order valence-electron chi connectivity index (χ0n) is 7.26. The van der Waals surface area contributed by atoms with Crippen molar-refractivity contribution < 1.29 is 9.47 Å². The van der Waals surface area contributed by atoms with E-state index < -0.39 is 0 Å². The number of rotatable bonds is 0. The van der Waals surface area contributed by atoms with Crippen molar-refractivity contribution in [3.05, 3.63) is 17.3 Å². The highest BCUT2D eigenvalue weighted by atomic mass is 16.6. The fourth-order valence-electron chi connectivity index (χ4n) is 1.35. The van der Waals surface area contributed by atoms with E-state index in [0.29, 0.717) is 19.1 Å². The SMILES string of the molecule is Cc1cc(C)c2c(n1)OCCO2. The van der Waals surface area contributed by atoms with Gasteiger partial charge >= 0.3 is 0 Å². The second kappa shape index (κ2) is 2.66. The zero-order chi connectivity index (χ0) is 8.55. The second-order valence-corrected chi connectivity index (χ2v) is 2.91. The van der Waals surface area contributed by atoms with Crippen LogP contribution in [0, 0.1) is 13.8 Å². The Hall–Kier alpha value is -1.25. The molecule has 0 saturated heterocycles. The smallest absolute Gasteiger partial charge is 0.257 e. The molecule has 0 bridgehead atoms. The molecule has 0 radical (unpaired) electrons. The van der Waals surface area contributed by atoms with E-state index in [9.17, 15) is 0 Å². The van der Waals surface area contributed by atoms with E-state index in [1.165, 1.54) is 0 Å². The number of nitrogens with zero attached hydrogens (tertiary/aromatic N) is 1. The first kappa shape index (κ1) is 7.40. The topological polar surface area (TPSA) is 31.4 Å². The molecule has 2 rings (SSSR count). The second-order valence-electron chi connectivity index (χ2n) is 2.91. The average molecular weight is 165 g/mol. The number of aromatic nitrogens is 1. The molecule has 0 spiro atoms. The van der Waals surface area contributed by atoms with E-state index in [1.807, 2.05) is 19.9 Å². The van der Waals surface area contributed by atoms with Crippen molar-refractivity contribution in [3.8, 4) is 11.6 Å². The van der Waals surface area contributed by atoms with Crippen LogP contribution in [-0.4, -0.2) is 18.2 Å². The molecule has 0 unspecified atom stereocenters. The molecule has 1 aliphatic heterocycles. The lowest BCUT2D eigenvalue weighted by Crippen LogP contribution is -2.17. The van der Waals surface area contributed by atoms with Gasteiger partial charge in [0.1, 0.15) is 13.2 Å². The predicted octanol–water partition coefficient (Wildman–Crippen LogP) is 1.47. The number of hydrogen-bond acceptors (Lipinski definition) is 3. The van der Waals surface area contributed by atoms with Crippen molar-refractivity contribution >= 4 is 0 Å². The van der Waals surface area contributed by atoms with E-state index in [2.05, 4.69) is 4.98 Å². The van der Waals surface area contributed by atoms with Gasteiger partial charge in [0, 0.05) is 5.69 Å². The Bertz CT molecular complexity index is 310. The maximum Gasteiger partial charge on any atom is 0.257 e. The number of aryl methyl sites for hydroxylation is 2. The Balaban J connectivity index is 2.53. The number of pyridine rings is 1. The van der Waals surface area contributed by atoms with Crippen molar-refractivity contribution in [1.29, 1.82) is 0 Å². The van der Waals surface area contributed by atoms with Crippen LogP contribution in [0.2, 0.25) is 0 Å². The van der Waals surface area contributed by atoms with Crippen LogP contribution >= 0.6 is 0 Å². The van der Waals surface area contributed by atoms with Crippen LogP contribution in [0.1, 0.15) is 11.3 Å².